The standard InChI is InChI=1S/C15H23N3O/c19-15-14(17-10-11-18(15)13-7-8-13)16-9-3-6-12-4-1-2-5-12/h10-13H,1-9H2,(H,16,17). The Morgan fingerprint density at radius 1 is 1.26 bits per heavy atom. The van der Waals surface area contributed by atoms with E-state index in [4.69, 9.17) is 0 Å². The van der Waals surface area contributed by atoms with Crippen LogP contribution >= 0.6 is 0 Å². The van der Waals surface area contributed by atoms with E-state index >= 15 is 0 Å². The van der Waals surface area contributed by atoms with Gasteiger partial charge in [-0.25, -0.2) is 4.98 Å². The molecule has 0 aromatic carbocycles. The highest BCUT2D eigenvalue weighted by Crippen LogP contribution is 2.33. The molecule has 2 aliphatic rings. The van der Waals surface area contributed by atoms with E-state index in [0.29, 0.717) is 11.9 Å². The Morgan fingerprint density at radius 3 is 2.79 bits per heavy atom. The van der Waals surface area contributed by atoms with Crippen molar-refractivity contribution in [2.24, 2.45) is 5.92 Å². The molecule has 0 atom stereocenters. The molecule has 104 valence electrons. The molecule has 0 saturated heterocycles. The third-order valence-corrected chi connectivity index (χ3v) is 4.36. The van der Waals surface area contributed by atoms with E-state index in [0.717, 1.165) is 31.7 Å². The largest absolute Gasteiger partial charge is 0.365 e. The molecule has 0 spiro atoms. The Hall–Kier alpha value is -1.32. The van der Waals surface area contributed by atoms with Crippen molar-refractivity contribution in [1.29, 1.82) is 0 Å². The van der Waals surface area contributed by atoms with Crippen LogP contribution in [0.2, 0.25) is 0 Å². The smallest absolute Gasteiger partial charge is 0.293 e. The third-order valence-electron chi connectivity index (χ3n) is 4.36. The number of hydrogen-bond acceptors (Lipinski definition) is 3. The number of rotatable bonds is 6. The van der Waals surface area contributed by atoms with Crippen LogP contribution in [0.5, 0.6) is 0 Å². The number of nitrogens with one attached hydrogen (secondary N) is 1. The fourth-order valence-corrected chi connectivity index (χ4v) is 3.08. The molecule has 1 N–H and O–H groups in total. The summed E-state index contributed by atoms with van der Waals surface area (Å²) in [6.07, 6.45) is 13.9. The fraction of sp³-hybridized carbons (Fsp3) is 0.733. The van der Waals surface area contributed by atoms with E-state index in [1.165, 1.54) is 32.1 Å². The number of anilines is 1. The topological polar surface area (TPSA) is 46.9 Å². The highest BCUT2D eigenvalue weighted by Gasteiger charge is 2.25. The number of hydrogen-bond donors (Lipinski definition) is 1. The zero-order valence-electron chi connectivity index (χ0n) is 11.5. The second-order valence-electron chi connectivity index (χ2n) is 5.94. The van der Waals surface area contributed by atoms with Crippen LogP contribution < -0.4 is 10.9 Å². The molecule has 1 aromatic rings. The van der Waals surface area contributed by atoms with E-state index < -0.39 is 0 Å². The summed E-state index contributed by atoms with van der Waals surface area (Å²) < 4.78 is 1.83. The predicted octanol–water partition coefficient (Wildman–Crippen LogP) is 2.96. The molecule has 19 heavy (non-hydrogen) atoms. The highest BCUT2D eigenvalue weighted by molar-refractivity contribution is 5.30. The first-order valence-electron chi connectivity index (χ1n) is 7.65. The Morgan fingerprint density at radius 2 is 2.05 bits per heavy atom. The van der Waals surface area contributed by atoms with Crippen molar-refractivity contribution in [2.45, 2.75) is 57.4 Å². The van der Waals surface area contributed by atoms with Gasteiger partial charge in [-0.1, -0.05) is 25.7 Å². The van der Waals surface area contributed by atoms with Gasteiger partial charge in [-0.3, -0.25) is 4.79 Å². The van der Waals surface area contributed by atoms with E-state index in [-0.39, 0.29) is 5.56 Å². The molecule has 4 nitrogen and oxygen atoms in total. The average molecular weight is 261 g/mol. The third kappa shape index (κ3) is 3.17. The summed E-state index contributed by atoms with van der Waals surface area (Å²) in [6.45, 7) is 0.868. The van der Waals surface area contributed by atoms with Crippen molar-refractivity contribution in [3.8, 4) is 0 Å². The average Bonchev–Trinajstić information content (AvgIpc) is 3.13. The van der Waals surface area contributed by atoms with Gasteiger partial charge in [0.15, 0.2) is 5.82 Å². The van der Waals surface area contributed by atoms with Gasteiger partial charge in [0, 0.05) is 25.0 Å². The second kappa shape index (κ2) is 5.76. The maximum absolute atomic E-state index is 12.1. The molecule has 0 radical (unpaired) electrons. The van der Waals surface area contributed by atoms with Crippen molar-refractivity contribution in [3.05, 3.63) is 22.7 Å². The molecule has 1 heterocycles. The van der Waals surface area contributed by atoms with Gasteiger partial charge in [0.25, 0.3) is 5.56 Å². The summed E-state index contributed by atoms with van der Waals surface area (Å²) in [4.78, 5) is 16.3. The van der Waals surface area contributed by atoms with Gasteiger partial charge in [0.1, 0.15) is 0 Å². The SMILES string of the molecule is O=c1c(NCCCC2CCCC2)nccn1C1CC1. The van der Waals surface area contributed by atoms with Gasteiger partial charge >= 0.3 is 0 Å². The lowest BCUT2D eigenvalue weighted by atomic mass is 10.0. The second-order valence-corrected chi connectivity index (χ2v) is 5.94. The van der Waals surface area contributed by atoms with Crippen LogP contribution in [0.15, 0.2) is 17.2 Å². The fourth-order valence-electron chi connectivity index (χ4n) is 3.08. The predicted molar refractivity (Wildman–Crippen MR) is 76.4 cm³/mol. The van der Waals surface area contributed by atoms with E-state index in [9.17, 15) is 4.79 Å². The molecule has 1 aromatic heterocycles. The molecule has 3 rings (SSSR count). The van der Waals surface area contributed by atoms with Crippen LogP contribution in [-0.4, -0.2) is 16.1 Å². The molecule has 0 amide bonds. The zero-order chi connectivity index (χ0) is 13.1. The minimum absolute atomic E-state index is 0.0471. The van der Waals surface area contributed by atoms with Gasteiger partial charge < -0.3 is 9.88 Å². The van der Waals surface area contributed by atoms with Gasteiger partial charge in [-0.15, -0.1) is 0 Å². The minimum atomic E-state index is 0.0471. The summed E-state index contributed by atoms with van der Waals surface area (Å²) in [5, 5.41) is 3.22. The lowest BCUT2D eigenvalue weighted by Crippen LogP contribution is -2.24. The van der Waals surface area contributed by atoms with Crippen LogP contribution in [0.25, 0.3) is 0 Å². The van der Waals surface area contributed by atoms with E-state index in [1.807, 2.05) is 10.8 Å². The van der Waals surface area contributed by atoms with Crippen LogP contribution in [0.3, 0.4) is 0 Å². The van der Waals surface area contributed by atoms with E-state index in [1.54, 1.807) is 6.20 Å². The first-order valence-corrected chi connectivity index (χ1v) is 7.65. The minimum Gasteiger partial charge on any atom is -0.365 e. The van der Waals surface area contributed by atoms with Gasteiger partial charge in [-0.05, 0) is 31.6 Å². The van der Waals surface area contributed by atoms with Gasteiger partial charge in [0.05, 0.1) is 0 Å². The Bertz CT molecular complexity index is 473. The lowest BCUT2D eigenvalue weighted by molar-refractivity contribution is 0.491. The summed E-state index contributed by atoms with van der Waals surface area (Å²) >= 11 is 0. The molecule has 2 aliphatic carbocycles. The van der Waals surface area contributed by atoms with Crippen LogP contribution in [-0.2, 0) is 0 Å². The maximum atomic E-state index is 12.1. The number of nitrogens with zero attached hydrogens (tertiary/aromatic N) is 2. The van der Waals surface area contributed by atoms with Crippen LogP contribution in [0.4, 0.5) is 5.82 Å². The van der Waals surface area contributed by atoms with E-state index in [2.05, 4.69) is 10.3 Å². The molecule has 4 heteroatoms. The molecule has 0 aliphatic heterocycles. The Labute approximate surface area is 114 Å². The zero-order valence-corrected chi connectivity index (χ0v) is 11.5. The van der Waals surface area contributed by atoms with Gasteiger partial charge in [-0.2, -0.15) is 0 Å². The number of aromatic nitrogens is 2. The first-order chi connectivity index (χ1) is 9.34. The van der Waals surface area contributed by atoms with Crippen LogP contribution in [0.1, 0.15) is 57.4 Å². The normalized spacial score (nSPS) is 19.8. The molecule has 2 saturated carbocycles. The lowest BCUT2D eigenvalue weighted by Gasteiger charge is -2.10. The first kappa shape index (κ1) is 12.7. The summed E-state index contributed by atoms with van der Waals surface area (Å²) in [6, 6.07) is 0.425. The molecule has 2 fully saturated rings. The maximum Gasteiger partial charge on any atom is 0.293 e. The molecular formula is C15H23N3O. The van der Waals surface area contributed by atoms with Crippen molar-refractivity contribution < 1.29 is 0 Å². The van der Waals surface area contributed by atoms with Crippen molar-refractivity contribution >= 4 is 5.82 Å². The van der Waals surface area contributed by atoms with Crippen molar-refractivity contribution in [3.63, 3.8) is 0 Å². The van der Waals surface area contributed by atoms with Gasteiger partial charge in [0.2, 0.25) is 0 Å². The quantitative estimate of drug-likeness (QED) is 0.801. The Kier molecular flexibility index (Phi) is 3.85. The summed E-state index contributed by atoms with van der Waals surface area (Å²) in [7, 11) is 0. The van der Waals surface area contributed by atoms with Crippen molar-refractivity contribution in [1.82, 2.24) is 9.55 Å². The van der Waals surface area contributed by atoms with Crippen molar-refractivity contribution in [2.75, 3.05) is 11.9 Å². The molecule has 0 bridgehead atoms. The molecule has 0 unspecified atom stereocenters. The molecular weight excluding hydrogens is 238 g/mol. The highest BCUT2D eigenvalue weighted by atomic mass is 16.1. The summed E-state index contributed by atoms with van der Waals surface area (Å²) in [5.41, 5.74) is 0.0471. The Balaban J connectivity index is 1.49. The monoisotopic (exact) mass is 261 g/mol. The van der Waals surface area contributed by atoms with Crippen LogP contribution in [0, 0.1) is 5.92 Å². The summed E-state index contributed by atoms with van der Waals surface area (Å²) in [5.74, 6) is 1.45.